The largest absolute Gasteiger partial charge is 0.396 e. The predicted octanol–water partition coefficient (Wildman–Crippen LogP) is 2.83. The van der Waals surface area contributed by atoms with Gasteiger partial charge in [0.05, 0.1) is 10.7 Å². The van der Waals surface area contributed by atoms with Crippen molar-refractivity contribution in [3.8, 4) is 11.3 Å². The summed E-state index contributed by atoms with van der Waals surface area (Å²) in [7, 11) is 0. The van der Waals surface area contributed by atoms with Gasteiger partial charge in [0.1, 0.15) is 0 Å². The Balaban J connectivity index is 2.07. The number of hydrogen-bond acceptors (Lipinski definition) is 3. The molecular formula is C13H12N2OS. The molecule has 0 saturated heterocycles. The Morgan fingerprint density at radius 2 is 2.18 bits per heavy atom. The molecule has 0 aliphatic carbocycles. The molecule has 0 saturated carbocycles. The Kier molecular flexibility index (Phi) is 2.66. The van der Waals surface area contributed by atoms with E-state index in [-0.39, 0.29) is 6.61 Å². The minimum absolute atomic E-state index is 0.154. The van der Waals surface area contributed by atoms with Crippen molar-refractivity contribution in [2.45, 2.75) is 6.42 Å². The van der Waals surface area contributed by atoms with Gasteiger partial charge in [-0.1, -0.05) is 18.2 Å². The molecule has 0 spiro atoms. The van der Waals surface area contributed by atoms with Crippen molar-refractivity contribution in [1.82, 2.24) is 9.97 Å². The summed E-state index contributed by atoms with van der Waals surface area (Å²) < 4.78 is 0. The Labute approximate surface area is 103 Å². The maximum atomic E-state index is 8.89. The summed E-state index contributed by atoms with van der Waals surface area (Å²) in [5.41, 5.74) is 3.23. The lowest BCUT2D eigenvalue weighted by atomic mass is 10.1. The van der Waals surface area contributed by atoms with Gasteiger partial charge in [0.2, 0.25) is 0 Å². The second-order valence-electron chi connectivity index (χ2n) is 3.85. The first kappa shape index (κ1) is 10.5. The van der Waals surface area contributed by atoms with Gasteiger partial charge in [-0.25, -0.2) is 4.98 Å². The van der Waals surface area contributed by atoms with Crippen LogP contribution in [0.25, 0.3) is 22.2 Å². The standard InChI is InChI=1S/C13H12N2OS/c16-6-5-13-15-12(8-17-13)10-7-14-11-4-2-1-3-9(10)11/h1-4,7-8,14,16H,5-6H2. The zero-order valence-electron chi connectivity index (χ0n) is 9.18. The maximum absolute atomic E-state index is 8.89. The van der Waals surface area contributed by atoms with Crippen molar-refractivity contribution in [3.63, 3.8) is 0 Å². The van der Waals surface area contributed by atoms with E-state index in [0.717, 1.165) is 21.8 Å². The number of H-pyrrole nitrogens is 1. The molecule has 0 bridgehead atoms. The van der Waals surface area contributed by atoms with Gasteiger partial charge in [0, 0.05) is 41.1 Å². The van der Waals surface area contributed by atoms with Crippen LogP contribution in [-0.4, -0.2) is 21.7 Å². The smallest absolute Gasteiger partial charge is 0.0955 e. The normalized spacial score (nSPS) is 11.1. The van der Waals surface area contributed by atoms with Crippen LogP contribution in [-0.2, 0) is 6.42 Å². The molecule has 4 heteroatoms. The van der Waals surface area contributed by atoms with Gasteiger partial charge in [-0.05, 0) is 6.07 Å². The lowest BCUT2D eigenvalue weighted by Crippen LogP contribution is -1.88. The molecule has 2 N–H and O–H groups in total. The van der Waals surface area contributed by atoms with E-state index in [0.29, 0.717) is 6.42 Å². The zero-order chi connectivity index (χ0) is 11.7. The van der Waals surface area contributed by atoms with E-state index < -0.39 is 0 Å². The third kappa shape index (κ3) is 1.85. The monoisotopic (exact) mass is 244 g/mol. The number of thiazole rings is 1. The van der Waals surface area contributed by atoms with Crippen LogP contribution in [0, 0.1) is 0 Å². The topological polar surface area (TPSA) is 48.9 Å². The highest BCUT2D eigenvalue weighted by Gasteiger charge is 2.09. The van der Waals surface area contributed by atoms with E-state index in [1.165, 1.54) is 5.39 Å². The number of aromatic amines is 1. The first-order valence-corrected chi connectivity index (χ1v) is 6.38. The number of fused-ring (bicyclic) bond motifs is 1. The molecule has 0 atom stereocenters. The average Bonchev–Trinajstić information content (AvgIpc) is 2.95. The van der Waals surface area contributed by atoms with Gasteiger partial charge in [0.15, 0.2) is 0 Å². The van der Waals surface area contributed by atoms with Gasteiger partial charge in [-0.15, -0.1) is 11.3 Å². The van der Waals surface area contributed by atoms with Crippen LogP contribution in [0.1, 0.15) is 5.01 Å². The molecule has 2 heterocycles. The minimum atomic E-state index is 0.154. The SMILES string of the molecule is OCCc1nc(-c2c[nH]c3ccccc23)cs1. The summed E-state index contributed by atoms with van der Waals surface area (Å²) in [6, 6.07) is 8.19. The fourth-order valence-electron chi connectivity index (χ4n) is 1.93. The molecule has 86 valence electrons. The van der Waals surface area contributed by atoms with Crippen LogP contribution < -0.4 is 0 Å². The molecule has 17 heavy (non-hydrogen) atoms. The molecule has 1 aromatic carbocycles. The molecular weight excluding hydrogens is 232 g/mol. The number of hydrogen-bond donors (Lipinski definition) is 2. The van der Waals surface area contributed by atoms with Gasteiger partial charge in [0.25, 0.3) is 0 Å². The van der Waals surface area contributed by atoms with Gasteiger partial charge >= 0.3 is 0 Å². The van der Waals surface area contributed by atoms with E-state index in [4.69, 9.17) is 5.11 Å². The molecule has 0 radical (unpaired) electrons. The van der Waals surface area contributed by atoms with E-state index in [2.05, 4.69) is 22.1 Å². The molecule has 0 amide bonds. The van der Waals surface area contributed by atoms with E-state index in [1.807, 2.05) is 23.7 Å². The van der Waals surface area contributed by atoms with E-state index in [1.54, 1.807) is 11.3 Å². The maximum Gasteiger partial charge on any atom is 0.0955 e. The van der Waals surface area contributed by atoms with Crippen LogP contribution >= 0.6 is 11.3 Å². The summed E-state index contributed by atoms with van der Waals surface area (Å²) in [5, 5.41) is 13.1. The fourth-order valence-corrected chi connectivity index (χ4v) is 2.72. The molecule has 3 nitrogen and oxygen atoms in total. The second-order valence-corrected chi connectivity index (χ2v) is 4.79. The molecule has 0 fully saturated rings. The van der Waals surface area contributed by atoms with Crippen molar-refractivity contribution >= 4 is 22.2 Å². The molecule has 0 aliphatic heterocycles. The Bertz CT molecular complexity index is 641. The summed E-state index contributed by atoms with van der Waals surface area (Å²) >= 11 is 1.60. The number of nitrogens with zero attached hydrogens (tertiary/aromatic N) is 1. The fraction of sp³-hybridized carbons (Fsp3) is 0.154. The third-order valence-electron chi connectivity index (χ3n) is 2.74. The summed E-state index contributed by atoms with van der Waals surface area (Å²) in [5.74, 6) is 0. The highest BCUT2D eigenvalue weighted by atomic mass is 32.1. The molecule has 2 aromatic heterocycles. The first-order chi connectivity index (χ1) is 8.38. The number of aromatic nitrogens is 2. The molecule has 0 aliphatic rings. The summed E-state index contributed by atoms with van der Waals surface area (Å²) in [4.78, 5) is 7.77. The minimum Gasteiger partial charge on any atom is -0.396 e. The third-order valence-corrected chi connectivity index (χ3v) is 3.65. The summed E-state index contributed by atoms with van der Waals surface area (Å²) in [6.07, 6.45) is 2.62. The molecule has 3 aromatic rings. The number of para-hydroxylation sites is 1. The number of benzene rings is 1. The highest BCUT2D eigenvalue weighted by Crippen LogP contribution is 2.29. The van der Waals surface area contributed by atoms with Crippen LogP contribution in [0.5, 0.6) is 0 Å². The highest BCUT2D eigenvalue weighted by molar-refractivity contribution is 7.09. The molecule has 3 rings (SSSR count). The first-order valence-electron chi connectivity index (χ1n) is 5.50. The Morgan fingerprint density at radius 3 is 3.06 bits per heavy atom. The van der Waals surface area contributed by atoms with Crippen molar-refractivity contribution in [2.75, 3.05) is 6.61 Å². The van der Waals surface area contributed by atoms with Gasteiger partial charge in [-0.3, -0.25) is 0 Å². The lowest BCUT2D eigenvalue weighted by molar-refractivity contribution is 0.299. The van der Waals surface area contributed by atoms with Crippen molar-refractivity contribution < 1.29 is 5.11 Å². The quantitative estimate of drug-likeness (QED) is 0.744. The number of aliphatic hydroxyl groups excluding tert-OH is 1. The zero-order valence-corrected chi connectivity index (χ0v) is 10.00. The predicted molar refractivity (Wildman–Crippen MR) is 70.2 cm³/mol. The lowest BCUT2D eigenvalue weighted by Gasteiger charge is -1.93. The van der Waals surface area contributed by atoms with Crippen LogP contribution in [0.2, 0.25) is 0 Å². The Morgan fingerprint density at radius 1 is 1.29 bits per heavy atom. The van der Waals surface area contributed by atoms with E-state index in [9.17, 15) is 0 Å². The average molecular weight is 244 g/mol. The Hall–Kier alpha value is -1.65. The van der Waals surface area contributed by atoms with Crippen LogP contribution in [0.15, 0.2) is 35.8 Å². The van der Waals surface area contributed by atoms with Crippen molar-refractivity contribution in [2.24, 2.45) is 0 Å². The van der Waals surface area contributed by atoms with E-state index >= 15 is 0 Å². The van der Waals surface area contributed by atoms with Crippen molar-refractivity contribution in [1.29, 1.82) is 0 Å². The number of rotatable bonds is 3. The molecule has 0 unspecified atom stereocenters. The number of nitrogens with one attached hydrogen (secondary N) is 1. The van der Waals surface area contributed by atoms with Crippen LogP contribution in [0.4, 0.5) is 0 Å². The van der Waals surface area contributed by atoms with Crippen LogP contribution in [0.3, 0.4) is 0 Å². The van der Waals surface area contributed by atoms with Crippen molar-refractivity contribution in [3.05, 3.63) is 40.8 Å². The van der Waals surface area contributed by atoms with Gasteiger partial charge < -0.3 is 10.1 Å². The van der Waals surface area contributed by atoms with Gasteiger partial charge in [-0.2, -0.15) is 0 Å². The summed E-state index contributed by atoms with van der Waals surface area (Å²) in [6.45, 7) is 0.154. The number of aliphatic hydroxyl groups is 1. The second kappa shape index (κ2) is 4.31.